The maximum absolute atomic E-state index is 13.7. The fourth-order valence-electron chi connectivity index (χ4n) is 3.16. The zero-order chi connectivity index (χ0) is 20.1. The molecule has 0 amide bonds. The third-order valence-corrected chi connectivity index (χ3v) is 4.59. The lowest BCUT2D eigenvalue weighted by Crippen LogP contribution is -2.08. The first kappa shape index (κ1) is 19.0. The Morgan fingerprint density at radius 2 is 1.83 bits per heavy atom. The van der Waals surface area contributed by atoms with Crippen molar-refractivity contribution in [2.75, 3.05) is 25.6 Å². The summed E-state index contributed by atoms with van der Waals surface area (Å²) >= 11 is 0. The second-order valence-corrected chi connectivity index (χ2v) is 6.65. The molecule has 0 radical (unpaired) electrons. The highest BCUT2D eigenvalue weighted by molar-refractivity contribution is 5.94. The van der Waals surface area contributed by atoms with Crippen LogP contribution in [0.1, 0.15) is 6.42 Å². The molecule has 0 saturated carbocycles. The van der Waals surface area contributed by atoms with Gasteiger partial charge in [-0.05, 0) is 53.9 Å². The van der Waals surface area contributed by atoms with Gasteiger partial charge < -0.3 is 10.1 Å². The average Bonchev–Trinajstić information content (AvgIpc) is 2.77. The number of ether oxygens (including phenoxy) is 1. The summed E-state index contributed by atoms with van der Waals surface area (Å²) in [6.45, 7) is 1.39. The van der Waals surface area contributed by atoms with E-state index in [1.54, 1.807) is 25.6 Å². The van der Waals surface area contributed by atoms with Gasteiger partial charge in [0.15, 0.2) is 5.82 Å². The molecule has 4 rings (SSSR count). The van der Waals surface area contributed by atoms with E-state index >= 15 is 0 Å². The van der Waals surface area contributed by atoms with Crippen molar-refractivity contribution in [1.29, 1.82) is 0 Å². The van der Waals surface area contributed by atoms with E-state index in [1.165, 1.54) is 12.1 Å². The van der Waals surface area contributed by atoms with Gasteiger partial charge in [0.05, 0.1) is 5.52 Å². The van der Waals surface area contributed by atoms with Crippen molar-refractivity contribution >= 4 is 16.7 Å². The molecule has 0 unspecified atom stereocenters. The number of nitrogens with zero attached hydrogens (tertiary/aromatic N) is 3. The molecule has 0 aliphatic rings. The first-order chi connectivity index (χ1) is 14.2. The average molecular weight is 388 g/mol. The molecule has 29 heavy (non-hydrogen) atoms. The van der Waals surface area contributed by atoms with E-state index in [9.17, 15) is 4.39 Å². The van der Waals surface area contributed by atoms with Gasteiger partial charge in [-0.1, -0.05) is 18.2 Å². The Labute approximate surface area is 168 Å². The van der Waals surface area contributed by atoms with Crippen molar-refractivity contribution < 1.29 is 9.13 Å². The lowest BCUT2D eigenvalue weighted by Gasteiger charge is -2.12. The normalized spacial score (nSPS) is 11.0. The summed E-state index contributed by atoms with van der Waals surface area (Å²) in [5, 5.41) is 4.28. The highest BCUT2D eigenvalue weighted by Gasteiger charge is 2.11. The van der Waals surface area contributed by atoms with Gasteiger partial charge in [0.1, 0.15) is 11.6 Å². The lowest BCUT2D eigenvalue weighted by atomic mass is 10.0. The van der Waals surface area contributed by atoms with E-state index in [1.807, 2.05) is 36.4 Å². The zero-order valence-electron chi connectivity index (χ0n) is 16.1. The van der Waals surface area contributed by atoms with Crippen molar-refractivity contribution in [2.24, 2.45) is 0 Å². The van der Waals surface area contributed by atoms with Crippen LogP contribution in [-0.2, 0) is 4.74 Å². The number of benzene rings is 2. The van der Waals surface area contributed by atoms with Crippen LogP contribution in [0.2, 0.25) is 0 Å². The van der Waals surface area contributed by atoms with Gasteiger partial charge in [-0.15, -0.1) is 0 Å². The summed E-state index contributed by atoms with van der Waals surface area (Å²) in [5.41, 5.74) is 3.39. The van der Waals surface area contributed by atoms with Gasteiger partial charge in [0.2, 0.25) is 0 Å². The summed E-state index contributed by atoms with van der Waals surface area (Å²) in [6.07, 6.45) is 4.32. The second kappa shape index (κ2) is 8.75. The number of pyridine rings is 1. The van der Waals surface area contributed by atoms with Crippen LogP contribution in [0.5, 0.6) is 0 Å². The number of anilines is 1. The first-order valence-corrected chi connectivity index (χ1v) is 9.45. The summed E-state index contributed by atoms with van der Waals surface area (Å²) in [4.78, 5) is 13.6. The molecule has 0 spiro atoms. The predicted molar refractivity (Wildman–Crippen MR) is 113 cm³/mol. The fraction of sp³-hybridized carbons (Fsp3) is 0.174. The van der Waals surface area contributed by atoms with Crippen molar-refractivity contribution in [1.82, 2.24) is 15.0 Å². The number of hydrogen-bond donors (Lipinski definition) is 1. The highest BCUT2D eigenvalue weighted by Crippen LogP contribution is 2.29. The van der Waals surface area contributed by atoms with E-state index in [2.05, 4.69) is 10.3 Å². The van der Waals surface area contributed by atoms with Gasteiger partial charge in [-0.2, -0.15) is 0 Å². The van der Waals surface area contributed by atoms with Crippen LogP contribution in [-0.4, -0.2) is 35.2 Å². The molecular formula is C23H21FN4O. The van der Waals surface area contributed by atoms with Crippen LogP contribution >= 0.6 is 0 Å². The Balaban J connectivity index is 1.79. The van der Waals surface area contributed by atoms with Crippen LogP contribution in [0.3, 0.4) is 0 Å². The first-order valence-electron chi connectivity index (χ1n) is 9.45. The summed E-state index contributed by atoms with van der Waals surface area (Å²) in [6, 6.07) is 16.3. The number of nitrogens with one attached hydrogen (secondary N) is 1. The van der Waals surface area contributed by atoms with E-state index < -0.39 is 0 Å². The lowest BCUT2D eigenvalue weighted by molar-refractivity contribution is 0.198. The number of aromatic nitrogens is 3. The Kier molecular flexibility index (Phi) is 5.72. The number of rotatable bonds is 7. The minimum atomic E-state index is -0.260. The van der Waals surface area contributed by atoms with Crippen molar-refractivity contribution in [3.05, 3.63) is 72.8 Å². The molecule has 6 heteroatoms. The number of halogens is 1. The highest BCUT2D eigenvalue weighted by atomic mass is 19.1. The number of methoxy groups -OCH3 is 1. The van der Waals surface area contributed by atoms with Gasteiger partial charge >= 0.3 is 0 Å². The Morgan fingerprint density at radius 1 is 0.966 bits per heavy atom. The van der Waals surface area contributed by atoms with E-state index in [0.717, 1.165) is 46.4 Å². The van der Waals surface area contributed by atoms with Crippen LogP contribution in [0, 0.1) is 5.82 Å². The largest absolute Gasteiger partial charge is 0.385 e. The zero-order valence-corrected chi connectivity index (χ0v) is 16.1. The monoisotopic (exact) mass is 388 g/mol. The third kappa shape index (κ3) is 4.38. The van der Waals surface area contributed by atoms with E-state index in [4.69, 9.17) is 14.7 Å². The Morgan fingerprint density at radius 3 is 2.62 bits per heavy atom. The van der Waals surface area contributed by atoms with Crippen LogP contribution in [0.4, 0.5) is 10.2 Å². The van der Waals surface area contributed by atoms with Crippen molar-refractivity contribution in [3.8, 4) is 22.5 Å². The molecule has 0 fully saturated rings. The van der Waals surface area contributed by atoms with Gasteiger partial charge in [-0.25, -0.2) is 14.4 Å². The Bertz CT molecular complexity index is 1120. The standard InChI is InChI=1S/C23H21FN4O/c1-29-12-4-11-26-23-20-14-17(16-5-2-7-19(24)13-16)8-9-21(20)27-22(28-23)18-6-3-10-25-15-18/h2-3,5-10,13-15H,4,11-12H2,1H3,(H,26,27,28). The molecule has 0 aliphatic heterocycles. The van der Waals surface area contributed by atoms with Crippen LogP contribution in [0.15, 0.2) is 67.0 Å². The molecule has 2 aromatic heterocycles. The Hall–Kier alpha value is -3.38. The molecule has 2 heterocycles. The molecule has 0 saturated heterocycles. The molecule has 0 bridgehead atoms. The van der Waals surface area contributed by atoms with Crippen LogP contribution < -0.4 is 5.32 Å². The number of fused-ring (bicyclic) bond motifs is 1. The maximum Gasteiger partial charge on any atom is 0.163 e. The van der Waals surface area contributed by atoms with Gasteiger partial charge in [0, 0.05) is 43.6 Å². The van der Waals surface area contributed by atoms with E-state index in [0.29, 0.717) is 12.4 Å². The quantitative estimate of drug-likeness (QED) is 0.454. The molecule has 2 aromatic carbocycles. The van der Waals surface area contributed by atoms with Crippen molar-refractivity contribution in [3.63, 3.8) is 0 Å². The fourth-order valence-corrected chi connectivity index (χ4v) is 3.16. The molecule has 146 valence electrons. The minimum Gasteiger partial charge on any atom is -0.385 e. The van der Waals surface area contributed by atoms with Crippen molar-refractivity contribution in [2.45, 2.75) is 6.42 Å². The topological polar surface area (TPSA) is 59.9 Å². The second-order valence-electron chi connectivity index (χ2n) is 6.65. The molecule has 0 aliphatic carbocycles. The molecule has 4 aromatic rings. The van der Waals surface area contributed by atoms with E-state index in [-0.39, 0.29) is 5.82 Å². The molecule has 5 nitrogen and oxygen atoms in total. The SMILES string of the molecule is COCCCNc1nc(-c2cccnc2)nc2ccc(-c3cccc(F)c3)cc12. The summed E-state index contributed by atoms with van der Waals surface area (Å²) in [7, 11) is 1.69. The summed E-state index contributed by atoms with van der Waals surface area (Å²) < 4.78 is 18.8. The van der Waals surface area contributed by atoms with Gasteiger partial charge in [-0.3, -0.25) is 4.98 Å². The summed E-state index contributed by atoms with van der Waals surface area (Å²) in [5.74, 6) is 1.09. The smallest absolute Gasteiger partial charge is 0.163 e. The van der Waals surface area contributed by atoms with Gasteiger partial charge in [0.25, 0.3) is 0 Å². The number of hydrogen-bond acceptors (Lipinski definition) is 5. The maximum atomic E-state index is 13.7. The molecule has 0 atom stereocenters. The minimum absolute atomic E-state index is 0.260. The molecular weight excluding hydrogens is 367 g/mol. The van der Waals surface area contributed by atoms with Crippen LogP contribution in [0.25, 0.3) is 33.4 Å². The molecule has 1 N–H and O–H groups in total. The predicted octanol–water partition coefficient (Wildman–Crippen LogP) is 4.95. The third-order valence-electron chi connectivity index (χ3n) is 4.59.